The Hall–Kier alpha value is -2.16. The highest BCUT2D eigenvalue weighted by Gasteiger charge is 2.21. The minimum absolute atomic E-state index is 0.0555. The molecular weight excluding hydrogens is 248 g/mol. The van der Waals surface area contributed by atoms with Crippen LogP contribution in [0.25, 0.3) is 0 Å². The van der Waals surface area contributed by atoms with E-state index >= 15 is 0 Å². The fourth-order valence-electron chi connectivity index (χ4n) is 1.20. The van der Waals surface area contributed by atoms with Crippen LogP contribution in [0.5, 0.6) is 0 Å². The molecule has 0 atom stereocenters. The number of hydrogen-bond donors (Lipinski definition) is 1. The van der Waals surface area contributed by atoms with Crippen LogP contribution in [0.2, 0.25) is 0 Å². The number of aromatic nitrogens is 4. The maximum absolute atomic E-state index is 11.9. The summed E-state index contributed by atoms with van der Waals surface area (Å²) >= 11 is 0. The van der Waals surface area contributed by atoms with E-state index < -0.39 is 16.0 Å². The Labute approximate surface area is 96.1 Å². The lowest BCUT2D eigenvalue weighted by Gasteiger charge is -1.99. The molecule has 0 unspecified atom stereocenters. The molecule has 2 rings (SSSR count). The number of aryl methyl sites for hydroxylation is 1. The first-order valence-electron chi connectivity index (χ1n) is 4.44. The minimum atomic E-state index is -3.87. The molecule has 0 bridgehead atoms. The van der Waals surface area contributed by atoms with Crippen LogP contribution in [0.15, 0.2) is 29.6 Å². The van der Waals surface area contributed by atoms with Gasteiger partial charge in [0.1, 0.15) is 4.90 Å². The van der Waals surface area contributed by atoms with E-state index in [9.17, 15) is 13.2 Å². The summed E-state index contributed by atoms with van der Waals surface area (Å²) in [6.07, 6.45) is 3.54. The fraction of sp³-hybridized carbons (Fsp3) is 0.125. The molecule has 0 spiro atoms. The van der Waals surface area contributed by atoms with Crippen LogP contribution in [-0.4, -0.2) is 38.5 Å². The monoisotopic (exact) mass is 256 g/mol. The molecule has 2 aromatic rings. The third kappa shape index (κ3) is 1.91. The van der Waals surface area contributed by atoms with Gasteiger partial charge in [-0.15, -0.1) is 0 Å². The van der Waals surface area contributed by atoms with Crippen molar-refractivity contribution < 1.29 is 18.3 Å². The Kier molecular flexibility index (Phi) is 2.46. The maximum atomic E-state index is 11.9. The highest BCUT2D eigenvalue weighted by atomic mass is 32.2. The van der Waals surface area contributed by atoms with E-state index in [-0.39, 0.29) is 10.6 Å². The Morgan fingerprint density at radius 2 is 2.18 bits per heavy atom. The smallest absolute Gasteiger partial charge is 0.356 e. The Balaban J connectivity index is 2.48. The first kappa shape index (κ1) is 11.3. The van der Waals surface area contributed by atoms with Gasteiger partial charge >= 0.3 is 5.97 Å². The van der Waals surface area contributed by atoms with E-state index in [0.717, 1.165) is 18.5 Å². The average Bonchev–Trinajstić information content (AvgIpc) is 2.85. The Morgan fingerprint density at radius 3 is 2.65 bits per heavy atom. The molecule has 0 aliphatic carbocycles. The molecule has 1 N–H and O–H groups in total. The van der Waals surface area contributed by atoms with E-state index in [1.807, 2.05) is 0 Å². The topological polar surface area (TPSA) is 107 Å². The summed E-state index contributed by atoms with van der Waals surface area (Å²) in [6, 6.07) is 1.11. The SMILES string of the molecule is Cn1cc(S(=O)(=O)n2ccc(C(=O)O)n2)cn1. The standard InChI is InChI=1S/C8H8N4O4S/c1-11-5-6(4-9-11)17(15,16)12-3-2-7(10-12)8(13)14/h2-5H,1H3,(H,13,14). The van der Waals surface area contributed by atoms with Gasteiger partial charge < -0.3 is 5.11 Å². The number of hydrogen-bond acceptors (Lipinski definition) is 5. The van der Waals surface area contributed by atoms with Gasteiger partial charge in [-0.3, -0.25) is 4.68 Å². The molecule has 9 heteroatoms. The largest absolute Gasteiger partial charge is 0.476 e. The summed E-state index contributed by atoms with van der Waals surface area (Å²) in [6.45, 7) is 0. The van der Waals surface area contributed by atoms with Crippen LogP contribution in [-0.2, 0) is 17.1 Å². The highest BCUT2D eigenvalue weighted by Crippen LogP contribution is 2.11. The van der Waals surface area contributed by atoms with Crippen LogP contribution in [0.4, 0.5) is 0 Å². The molecule has 8 nitrogen and oxygen atoms in total. The van der Waals surface area contributed by atoms with Crippen LogP contribution in [0.3, 0.4) is 0 Å². The number of carboxylic acid groups (broad SMARTS) is 1. The molecule has 0 fully saturated rings. The molecule has 0 aliphatic heterocycles. The molecule has 0 saturated heterocycles. The normalized spacial score (nSPS) is 11.6. The first-order chi connectivity index (χ1) is 7.91. The second kappa shape index (κ2) is 3.70. The summed E-state index contributed by atoms with van der Waals surface area (Å²) < 4.78 is 25.8. The third-order valence-electron chi connectivity index (χ3n) is 2.01. The summed E-state index contributed by atoms with van der Waals surface area (Å²) in [5, 5.41) is 15.8. The van der Waals surface area contributed by atoms with E-state index in [2.05, 4.69) is 10.2 Å². The zero-order valence-corrected chi connectivity index (χ0v) is 9.49. The summed E-state index contributed by atoms with van der Waals surface area (Å²) in [4.78, 5) is 10.5. The van der Waals surface area contributed by atoms with Crippen molar-refractivity contribution in [3.8, 4) is 0 Å². The molecule has 0 saturated carbocycles. The summed E-state index contributed by atoms with van der Waals surface area (Å²) in [5.74, 6) is -1.29. The second-order valence-electron chi connectivity index (χ2n) is 3.23. The number of aromatic carboxylic acids is 1. The van der Waals surface area contributed by atoms with Crippen LogP contribution in [0, 0.1) is 0 Å². The van der Waals surface area contributed by atoms with Crippen LogP contribution >= 0.6 is 0 Å². The molecule has 2 aromatic heterocycles. The van der Waals surface area contributed by atoms with Crippen molar-refractivity contribution in [2.45, 2.75) is 4.90 Å². The van der Waals surface area contributed by atoms with Crippen molar-refractivity contribution in [2.75, 3.05) is 0 Å². The van der Waals surface area contributed by atoms with Gasteiger partial charge in [-0.2, -0.15) is 22.7 Å². The van der Waals surface area contributed by atoms with Crippen molar-refractivity contribution >= 4 is 16.0 Å². The summed E-state index contributed by atoms with van der Waals surface area (Å²) in [7, 11) is -2.30. The Morgan fingerprint density at radius 1 is 1.47 bits per heavy atom. The quantitative estimate of drug-likeness (QED) is 0.797. The van der Waals surface area contributed by atoms with E-state index in [0.29, 0.717) is 4.09 Å². The number of nitrogens with zero attached hydrogens (tertiary/aromatic N) is 4. The van der Waals surface area contributed by atoms with Gasteiger partial charge in [-0.25, -0.2) is 4.79 Å². The van der Waals surface area contributed by atoms with Gasteiger partial charge in [0.05, 0.1) is 6.20 Å². The molecule has 0 radical (unpaired) electrons. The minimum Gasteiger partial charge on any atom is -0.476 e. The number of carbonyl (C=O) groups is 1. The van der Waals surface area contributed by atoms with Crippen LogP contribution < -0.4 is 0 Å². The number of rotatable bonds is 3. The van der Waals surface area contributed by atoms with Gasteiger partial charge in [0.15, 0.2) is 5.69 Å². The molecule has 0 aliphatic rings. The van der Waals surface area contributed by atoms with Gasteiger partial charge in [0.25, 0.3) is 10.0 Å². The first-order valence-corrected chi connectivity index (χ1v) is 5.88. The predicted octanol–water partition coefficient (Wildman–Crippen LogP) is -0.448. The molecule has 90 valence electrons. The van der Waals surface area contributed by atoms with E-state index in [1.165, 1.54) is 10.9 Å². The summed E-state index contributed by atoms with van der Waals surface area (Å²) in [5.41, 5.74) is -0.336. The van der Waals surface area contributed by atoms with Gasteiger partial charge in [0, 0.05) is 19.4 Å². The molecule has 2 heterocycles. The van der Waals surface area contributed by atoms with Crippen molar-refractivity contribution in [2.24, 2.45) is 7.05 Å². The lowest BCUT2D eigenvalue weighted by Crippen LogP contribution is -2.14. The van der Waals surface area contributed by atoms with Crippen molar-refractivity contribution in [3.05, 3.63) is 30.4 Å². The lowest BCUT2D eigenvalue weighted by atomic mass is 10.5. The third-order valence-corrected chi connectivity index (χ3v) is 3.51. The van der Waals surface area contributed by atoms with Gasteiger partial charge in [0.2, 0.25) is 0 Å². The molecule has 0 aromatic carbocycles. The van der Waals surface area contributed by atoms with Crippen LogP contribution in [0.1, 0.15) is 10.5 Å². The highest BCUT2D eigenvalue weighted by molar-refractivity contribution is 7.89. The van der Waals surface area contributed by atoms with Gasteiger partial charge in [-0.1, -0.05) is 0 Å². The second-order valence-corrected chi connectivity index (χ2v) is 5.03. The molecule has 17 heavy (non-hydrogen) atoms. The van der Waals surface area contributed by atoms with E-state index in [1.54, 1.807) is 7.05 Å². The average molecular weight is 256 g/mol. The maximum Gasteiger partial charge on any atom is 0.356 e. The zero-order chi connectivity index (χ0) is 12.6. The predicted molar refractivity (Wildman–Crippen MR) is 55.0 cm³/mol. The molecular formula is C8H8N4O4S. The zero-order valence-electron chi connectivity index (χ0n) is 8.68. The van der Waals surface area contributed by atoms with Crippen molar-refractivity contribution in [1.29, 1.82) is 0 Å². The van der Waals surface area contributed by atoms with Crippen molar-refractivity contribution in [1.82, 2.24) is 19.0 Å². The Bertz CT molecular complexity index is 669. The number of carboxylic acids is 1. The van der Waals surface area contributed by atoms with Gasteiger partial charge in [-0.05, 0) is 6.07 Å². The molecule has 0 amide bonds. The van der Waals surface area contributed by atoms with Crippen molar-refractivity contribution in [3.63, 3.8) is 0 Å². The lowest BCUT2D eigenvalue weighted by molar-refractivity contribution is 0.0690. The van der Waals surface area contributed by atoms with E-state index in [4.69, 9.17) is 5.11 Å². The fourth-order valence-corrected chi connectivity index (χ4v) is 2.29.